The van der Waals surface area contributed by atoms with E-state index in [1.807, 2.05) is 20.8 Å². The molecule has 1 amide bonds. The van der Waals surface area contributed by atoms with Gasteiger partial charge in [-0.25, -0.2) is 0 Å². The number of hydrogen-bond acceptors (Lipinski definition) is 2. The topological polar surface area (TPSA) is 55.1 Å². The van der Waals surface area contributed by atoms with Crippen LogP contribution in [0.15, 0.2) is 0 Å². The predicted octanol–water partition coefficient (Wildman–Crippen LogP) is 2.16. The zero-order chi connectivity index (χ0) is 13.1. The van der Waals surface area contributed by atoms with Gasteiger partial charge < -0.3 is 11.1 Å². The number of nitrogens with two attached hydrogens (primary N) is 1. The molecular weight excluding hydrogens is 200 g/mol. The zero-order valence-electron chi connectivity index (χ0n) is 11.8. The van der Waals surface area contributed by atoms with Crippen LogP contribution in [-0.4, -0.2) is 18.0 Å². The Hall–Kier alpha value is -0.570. The van der Waals surface area contributed by atoms with Crippen molar-refractivity contribution in [2.75, 3.05) is 6.54 Å². The van der Waals surface area contributed by atoms with Gasteiger partial charge in [0.1, 0.15) is 0 Å². The van der Waals surface area contributed by atoms with Crippen LogP contribution in [0.5, 0.6) is 0 Å². The molecular formula is C13H28N2O. The van der Waals surface area contributed by atoms with Crippen LogP contribution in [-0.2, 0) is 4.79 Å². The van der Waals surface area contributed by atoms with Crippen molar-refractivity contribution in [1.29, 1.82) is 0 Å². The van der Waals surface area contributed by atoms with Crippen LogP contribution >= 0.6 is 0 Å². The largest absolute Gasteiger partial charge is 0.368 e. The monoisotopic (exact) mass is 228 g/mol. The van der Waals surface area contributed by atoms with E-state index in [1.54, 1.807) is 0 Å². The van der Waals surface area contributed by atoms with Gasteiger partial charge in [0.2, 0.25) is 5.91 Å². The van der Waals surface area contributed by atoms with Crippen molar-refractivity contribution in [3.05, 3.63) is 0 Å². The van der Waals surface area contributed by atoms with Gasteiger partial charge in [-0.1, -0.05) is 41.5 Å². The highest BCUT2D eigenvalue weighted by atomic mass is 16.1. The van der Waals surface area contributed by atoms with Gasteiger partial charge in [-0.15, -0.1) is 0 Å². The lowest BCUT2D eigenvalue weighted by atomic mass is 9.79. The molecule has 0 saturated heterocycles. The van der Waals surface area contributed by atoms with Crippen LogP contribution in [0.4, 0.5) is 0 Å². The highest BCUT2D eigenvalue weighted by Crippen LogP contribution is 2.26. The number of carbonyl (C=O) groups excluding carboxylic acids is 1. The van der Waals surface area contributed by atoms with Gasteiger partial charge in [-0.2, -0.15) is 0 Å². The van der Waals surface area contributed by atoms with Gasteiger partial charge in [-0.05, 0) is 24.2 Å². The number of nitrogens with one attached hydrogen (secondary N) is 1. The summed E-state index contributed by atoms with van der Waals surface area (Å²) in [6, 6.07) is 0. The fourth-order valence-corrected chi connectivity index (χ4v) is 1.19. The minimum absolute atomic E-state index is 0.158. The first-order valence-corrected chi connectivity index (χ1v) is 6.09. The molecule has 0 saturated carbocycles. The van der Waals surface area contributed by atoms with Crippen molar-refractivity contribution in [2.45, 2.75) is 54.0 Å². The van der Waals surface area contributed by atoms with Gasteiger partial charge in [0, 0.05) is 6.54 Å². The molecule has 0 fully saturated rings. The number of rotatable bonds is 6. The van der Waals surface area contributed by atoms with Crippen molar-refractivity contribution in [3.8, 4) is 0 Å². The summed E-state index contributed by atoms with van der Waals surface area (Å²) in [5, 5.41) is 3.34. The van der Waals surface area contributed by atoms with E-state index >= 15 is 0 Å². The first kappa shape index (κ1) is 15.4. The Bertz CT molecular complexity index is 246. The summed E-state index contributed by atoms with van der Waals surface area (Å²) in [6.45, 7) is 15.5. The van der Waals surface area contributed by atoms with Crippen LogP contribution in [0.2, 0.25) is 0 Å². The lowest BCUT2D eigenvalue weighted by Gasteiger charge is -2.37. The second-order valence-corrected chi connectivity index (χ2v) is 6.22. The number of hydrogen-bond donors (Lipinski definition) is 2. The van der Waals surface area contributed by atoms with E-state index in [1.165, 1.54) is 0 Å². The number of amides is 1. The molecule has 1 atom stereocenters. The molecule has 0 heterocycles. The van der Waals surface area contributed by atoms with E-state index in [9.17, 15) is 4.79 Å². The second kappa shape index (κ2) is 5.17. The molecule has 0 aromatic heterocycles. The summed E-state index contributed by atoms with van der Waals surface area (Å²) in [4.78, 5) is 11.5. The highest BCUT2D eigenvalue weighted by Gasteiger charge is 2.36. The third kappa shape index (κ3) is 3.48. The van der Waals surface area contributed by atoms with Gasteiger partial charge in [0.15, 0.2) is 0 Å². The van der Waals surface area contributed by atoms with E-state index < -0.39 is 5.54 Å². The fraction of sp³-hybridized carbons (Fsp3) is 0.923. The van der Waals surface area contributed by atoms with Gasteiger partial charge in [0.25, 0.3) is 0 Å². The summed E-state index contributed by atoms with van der Waals surface area (Å²) in [6.07, 6.45) is 0. The maximum atomic E-state index is 11.5. The Morgan fingerprint density at radius 2 is 1.56 bits per heavy atom. The molecule has 0 aromatic rings. The molecule has 0 rings (SSSR count). The summed E-state index contributed by atoms with van der Waals surface area (Å²) >= 11 is 0. The Labute approximate surface area is 100 Å². The van der Waals surface area contributed by atoms with E-state index in [4.69, 9.17) is 5.73 Å². The molecule has 96 valence electrons. The van der Waals surface area contributed by atoms with E-state index in [2.05, 4.69) is 33.0 Å². The molecule has 3 heteroatoms. The smallest absolute Gasteiger partial charge is 0.237 e. The normalized spacial score (nSPS) is 16.6. The van der Waals surface area contributed by atoms with Gasteiger partial charge >= 0.3 is 0 Å². The third-order valence-corrected chi connectivity index (χ3v) is 4.14. The standard InChI is InChI=1S/C13H28N2O/c1-9(2)12(5,6)8-15-13(7,10(3)4)11(14)16/h9-10,15H,8H2,1-7H3,(H2,14,16). The molecule has 0 bridgehead atoms. The number of carbonyl (C=O) groups is 1. The van der Waals surface area contributed by atoms with Gasteiger partial charge in [-0.3, -0.25) is 4.79 Å². The van der Waals surface area contributed by atoms with Crippen molar-refractivity contribution < 1.29 is 4.79 Å². The minimum atomic E-state index is -0.619. The Kier molecular flexibility index (Phi) is 4.99. The van der Waals surface area contributed by atoms with Gasteiger partial charge in [0.05, 0.1) is 5.54 Å². The minimum Gasteiger partial charge on any atom is -0.368 e. The molecule has 0 aliphatic rings. The van der Waals surface area contributed by atoms with E-state index in [-0.39, 0.29) is 17.2 Å². The first-order chi connectivity index (χ1) is 7.04. The molecule has 1 unspecified atom stereocenters. The van der Waals surface area contributed by atoms with Crippen molar-refractivity contribution >= 4 is 5.91 Å². The van der Waals surface area contributed by atoms with Crippen LogP contribution < -0.4 is 11.1 Å². The summed E-state index contributed by atoms with van der Waals surface area (Å²) in [5.74, 6) is 0.472. The quantitative estimate of drug-likeness (QED) is 0.732. The summed E-state index contributed by atoms with van der Waals surface area (Å²) in [5.41, 5.74) is 5.02. The summed E-state index contributed by atoms with van der Waals surface area (Å²) < 4.78 is 0. The predicted molar refractivity (Wildman–Crippen MR) is 69.1 cm³/mol. The molecule has 0 radical (unpaired) electrons. The van der Waals surface area contributed by atoms with E-state index in [0.717, 1.165) is 6.54 Å². The molecule has 0 aliphatic carbocycles. The number of primary amides is 1. The molecule has 16 heavy (non-hydrogen) atoms. The Balaban J connectivity index is 4.64. The molecule has 3 nitrogen and oxygen atoms in total. The maximum absolute atomic E-state index is 11.5. The molecule has 0 spiro atoms. The maximum Gasteiger partial charge on any atom is 0.237 e. The lowest BCUT2D eigenvalue weighted by Crippen LogP contribution is -2.59. The van der Waals surface area contributed by atoms with E-state index in [0.29, 0.717) is 5.92 Å². The average molecular weight is 228 g/mol. The molecule has 0 aromatic carbocycles. The Morgan fingerprint density at radius 3 is 1.81 bits per heavy atom. The van der Waals surface area contributed by atoms with Crippen molar-refractivity contribution in [3.63, 3.8) is 0 Å². The first-order valence-electron chi connectivity index (χ1n) is 6.09. The van der Waals surface area contributed by atoms with Crippen LogP contribution in [0.25, 0.3) is 0 Å². The third-order valence-electron chi connectivity index (χ3n) is 4.14. The zero-order valence-corrected chi connectivity index (χ0v) is 11.8. The lowest BCUT2D eigenvalue weighted by molar-refractivity contribution is -0.125. The second-order valence-electron chi connectivity index (χ2n) is 6.22. The molecule has 0 aliphatic heterocycles. The Morgan fingerprint density at radius 1 is 1.12 bits per heavy atom. The van der Waals surface area contributed by atoms with Crippen LogP contribution in [0, 0.1) is 17.3 Å². The van der Waals surface area contributed by atoms with Crippen LogP contribution in [0.1, 0.15) is 48.5 Å². The highest BCUT2D eigenvalue weighted by molar-refractivity contribution is 5.84. The van der Waals surface area contributed by atoms with Crippen molar-refractivity contribution in [2.24, 2.45) is 23.0 Å². The SMILES string of the molecule is CC(C)C(C)(C)CNC(C)(C(N)=O)C(C)C. The van der Waals surface area contributed by atoms with Crippen LogP contribution in [0.3, 0.4) is 0 Å². The average Bonchev–Trinajstić information content (AvgIpc) is 2.13. The molecule has 3 N–H and O–H groups in total. The summed E-state index contributed by atoms with van der Waals surface area (Å²) in [7, 11) is 0. The van der Waals surface area contributed by atoms with Crippen molar-refractivity contribution in [1.82, 2.24) is 5.32 Å². The fourth-order valence-electron chi connectivity index (χ4n) is 1.19.